The second kappa shape index (κ2) is 8.51. The van der Waals surface area contributed by atoms with Gasteiger partial charge >= 0.3 is 6.03 Å². The van der Waals surface area contributed by atoms with E-state index in [1.807, 2.05) is 36.4 Å². The summed E-state index contributed by atoms with van der Waals surface area (Å²) in [4.78, 5) is 15.7. The van der Waals surface area contributed by atoms with Gasteiger partial charge in [0.1, 0.15) is 18.1 Å². The van der Waals surface area contributed by atoms with Crippen molar-refractivity contribution in [3.63, 3.8) is 0 Å². The second-order valence-corrected chi connectivity index (χ2v) is 4.46. The molecule has 1 heterocycles. The SMILES string of the molecule is COc1cccc(OCCNC(=O)NCc2ccccn2)c1. The first-order valence-electron chi connectivity index (χ1n) is 6.96. The van der Waals surface area contributed by atoms with E-state index >= 15 is 0 Å². The van der Waals surface area contributed by atoms with Crippen molar-refractivity contribution in [3.8, 4) is 11.5 Å². The van der Waals surface area contributed by atoms with Crippen molar-refractivity contribution in [2.75, 3.05) is 20.3 Å². The Hall–Kier alpha value is -2.76. The summed E-state index contributed by atoms with van der Waals surface area (Å²) >= 11 is 0. The van der Waals surface area contributed by atoms with E-state index in [0.717, 1.165) is 11.4 Å². The minimum absolute atomic E-state index is 0.250. The fraction of sp³-hybridized carbons (Fsp3) is 0.250. The highest BCUT2D eigenvalue weighted by Crippen LogP contribution is 2.18. The van der Waals surface area contributed by atoms with E-state index < -0.39 is 0 Å². The molecule has 22 heavy (non-hydrogen) atoms. The molecule has 0 fully saturated rings. The molecule has 0 aliphatic rings. The lowest BCUT2D eigenvalue weighted by atomic mass is 10.3. The zero-order valence-electron chi connectivity index (χ0n) is 12.4. The highest BCUT2D eigenvalue weighted by atomic mass is 16.5. The minimum Gasteiger partial charge on any atom is -0.497 e. The molecule has 2 N–H and O–H groups in total. The van der Waals surface area contributed by atoms with Crippen molar-refractivity contribution < 1.29 is 14.3 Å². The maximum absolute atomic E-state index is 11.6. The van der Waals surface area contributed by atoms with Gasteiger partial charge in [0.15, 0.2) is 0 Å². The van der Waals surface area contributed by atoms with Crippen molar-refractivity contribution in [2.24, 2.45) is 0 Å². The average molecular weight is 301 g/mol. The molecule has 0 saturated heterocycles. The molecule has 2 rings (SSSR count). The van der Waals surface area contributed by atoms with E-state index in [4.69, 9.17) is 9.47 Å². The van der Waals surface area contributed by atoms with Gasteiger partial charge < -0.3 is 20.1 Å². The Balaban J connectivity index is 1.62. The molecule has 0 bridgehead atoms. The topological polar surface area (TPSA) is 72.5 Å². The normalized spacial score (nSPS) is 9.86. The summed E-state index contributed by atoms with van der Waals surface area (Å²) in [6.07, 6.45) is 1.69. The Morgan fingerprint density at radius 3 is 2.77 bits per heavy atom. The number of amides is 2. The third-order valence-corrected chi connectivity index (χ3v) is 2.85. The summed E-state index contributed by atoms with van der Waals surface area (Å²) in [6.45, 7) is 1.18. The number of methoxy groups -OCH3 is 1. The van der Waals surface area contributed by atoms with E-state index in [1.54, 1.807) is 19.4 Å². The van der Waals surface area contributed by atoms with Gasteiger partial charge in [-0.15, -0.1) is 0 Å². The summed E-state index contributed by atoms with van der Waals surface area (Å²) in [6, 6.07) is 12.6. The summed E-state index contributed by atoms with van der Waals surface area (Å²) < 4.78 is 10.6. The number of hydrogen-bond acceptors (Lipinski definition) is 4. The molecule has 2 aromatic rings. The van der Waals surface area contributed by atoms with Crippen molar-refractivity contribution in [3.05, 3.63) is 54.4 Å². The molecule has 0 aliphatic heterocycles. The van der Waals surface area contributed by atoms with Gasteiger partial charge in [-0.1, -0.05) is 12.1 Å². The van der Waals surface area contributed by atoms with Crippen LogP contribution in [0, 0.1) is 0 Å². The number of ether oxygens (including phenoxy) is 2. The molecule has 1 aromatic heterocycles. The molecule has 0 atom stereocenters. The number of hydrogen-bond donors (Lipinski definition) is 2. The fourth-order valence-electron chi connectivity index (χ4n) is 1.76. The maximum Gasteiger partial charge on any atom is 0.315 e. The smallest absolute Gasteiger partial charge is 0.315 e. The van der Waals surface area contributed by atoms with Crippen LogP contribution in [0.3, 0.4) is 0 Å². The summed E-state index contributed by atoms with van der Waals surface area (Å²) in [5, 5.41) is 5.45. The van der Waals surface area contributed by atoms with Gasteiger partial charge in [0.2, 0.25) is 0 Å². The number of benzene rings is 1. The monoisotopic (exact) mass is 301 g/mol. The molecule has 0 unspecified atom stereocenters. The predicted molar refractivity (Wildman–Crippen MR) is 83.0 cm³/mol. The number of aromatic nitrogens is 1. The molecule has 6 nitrogen and oxygen atoms in total. The summed E-state index contributed by atoms with van der Waals surface area (Å²) in [5.41, 5.74) is 0.810. The van der Waals surface area contributed by atoms with E-state index in [0.29, 0.717) is 25.4 Å². The first-order chi connectivity index (χ1) is 10.8. The molecule has 0 radical (unpaired) electrons. The maximum atomic E-state index is 11.6. The minimum atomic E-state index is -0.250. The lowest BCUT2D eigenvalue weighted by molar-refractivity contribution is 0.236. The Morgan fingerprint density at radius 1 is 1.14 bits per heavy atom. The number of urea groups is 1. The lowest BCUT2D eigenvalue weighted by Gasteiger charge is -2.09. The van der Waals surface area contributed by atoms with Crippen LogP contribution in [-0.4, -0.2) is 31.3 Å². The highest BCUT2D eigenvalue weighted by molar-refractivity contribution is 5.73. The van der Waals surface area contributed by atoms with Crippen molar-refractivity contribution in [2.45, 2.75) is 6.54 Å². The van der Waals surface area contributed by atoms with Gasteiger partial charge in [-0.3, -0.25) is 4.98 Å². The van der Waals surface area contributed by atoms with Crippen LogP contribution in [0.2, 0.25) is 0 Å². The quantitative estimate of drug-likeness (QED) is 0.767. The molecule has 116 valence electrons. The van der Waals surface area contributed by atoms with Crippen molar-refractivity contribution >= 4 is 6.03 Å². The first kappa shape index (κ1) is 15.6. The Kier molecular flexibility index (Phi) is 6.04. The van der Waals surface area contributed by atoms with Gasteiger partial charge in [-0.05, 0) is 24.3 Å². The van der Waals surface area contributed by atoms with E-state index in [9.17, 15) is 4.79 Å². The molecule has 0 spiro atoms. The van der Waals surface area contributed by atoms with E-state index in [2.05, 4.69) is 15.6 Å². The van der Waals surface area contributed by atoms with Crippen LogP contribution >= 0.6 is 0 Å². The van der Waals surface area contributed by atoms with Crippen LogP contribution in [0.1, 0.15) is 5.69 Å². The van der Waals surface area contributed by atoms with Crippen LogP contribution in [0.25, 0.3) is 0 Å². The van der Waals surface area contributed by atoms with Crippen LogP contribution in [0.4, 0.5) is 4.79 Å². The molecule has 0 saturated carbocycles. The highest BCUT2D eigenvalue weighted by Gasteiger charge is 2.01. The Bertz CT molecular complexity index is 590. The Labute approximate surface area is 129 Å². The van der Waals surface area contributed by atoms with Crippen molar-refractivity contribution in [1.29, 1.82) is 0 Å². The third-order valence-electron chi connectivity index (χ3n) is 2.85. The van der Waals surface area contributed by atoms with Gasteiger partial charge in [0.25, 0.3) is 0 Å². The largest absolute Gasteiger partial charge is 0.497 e. The molecular formula is C16H19N3O3. The number of pyridine rings is 1. The van der Waals surface area contributed by atoms with Crippen LogP contribution < -0.4 is 20.1 Å². The van der Waals surface area contributed by atoms with Crippen molar-refractivity contribution in [1.82, 2.24) is 15.6 Å². The standard InChI is InChI=1S/C16H19N3O3/c1-21-14-6-4-7-15(11-14)22-10-9-18-16(20)19-12-13-5-2-3-8-17-13/h2-8,11H,9-10,12H2,1H3,(H2,18,19,20). The van der Waals surface area contributed by atoms with E-state index in [1.165, 1.54) is 0 Å². The number of nitrogens with zero attached hydrogens (tertiary/aromatic N) is 1. The number of carbonyl (C=O) groups excluding carboxylic acids is 1. The second-order valence-electron chi connectivity index (χ2n) is 4.46. The van der Waals surface area contributed by atoms with Crippen LogP contribution in [0.15, 0.2) is 48.7 Å². The van der Waals surface area contributed by atoms with Crippen LogP contribution in [0.5, 0.6) is 11.5 Å². The molecule has 0 aliphatic carbocycles. The zero-order valence-corrected chi connectivity index (χ0v) is 12.4. The molecule has 6 heteroatoms. The zero-order chi connectivity index (χ0) is 15.6. The predicted octanol–water partition coefficient (Wildman–Crippen LogP) is 1.97. The average Bonchev–Trinajstić information content (AvgIpc) is 2.58. The number of carbonyl (C=O) groups is 1. The van der Waals surface area contributed by atoms with Crippen LogP contribution in [-0.2, 0) is 6.54 Å². The third kappa shape index (κ3) is 5.32. The summed E-state index contributed by atoms with van der Waals surface area (Å²) in [7, 11) is 1.60. The first-order valence-corrected chi connectivity index (χ1v) is 6.96. The van der Waals surface area contributed by atoms with Gasteiger partial charge in [-0.2, -0.15) is 0 Å². The lowest BCUT2D eigenvalue weighted by Crippen LogP contribution is -2.37. The number of rotatable bonds is 7. The molecule has 2 amide bonds. The Morgan fingerprint density at radius 2 is 2.00 bits per heavy atom. The molecule has 1 aromatic carbocycles. The van der Waals surface area contributed by atoms with E-state index in [-0.39, 0.29) is 6.03 Å². The summed E-state index contributed by atoms with van der Waals surface area (Å²) in [5.74, 6) is 1.44. The van der Waals surface area contributed by atoms with Gasteiger partial charge in [-0.25, -0.2) is 4.79 Å². The molecular weight excluding hydrogens is 282 g/mol. The van der Waals surface area contributed by atoms with Gasteiger partial charge in [0.05, 0.1) is 25.9 Å². The van der Waals surface area contributed by atoms with Gasteiger partial charge in [0, 0.05) is 12.3 Å². The number of nitrogens with one attached hydrogen (secondary N) is 2. The fourth-order valence-corrected chi connectivity index (χ4v) is 1.76.